The highest BCUT2D eigenvalue weighted by atomic mass is 16.5. The summed E-state index contributed by atoms with van der Waals surface area (Å²) >= 11 is 0. The number of hydrogen-bond donors (Lipinski definition) is 1. The molecule has 1 aromatic rings. The van der Waals surface area contributed by atoms with E-state index >= 15 is 0 Å². The average Bonchev–Trinajstić information content (AvgIpc) is 2.73. The standard InChI is InChI=1S/C15H21NO/c1-2-17-15-9-14(10-15)16-13-7-6-11-4-3-5-12(11)8-13/h6-8,14-16H,2-5,9-10H2,1H3. The van der Waals surface area contributed by atoms with Gasteiger partial charge in [-0.2, -0.15) is 0 Å². The minimum Gasteiger partial charge on any atom is -0.382 e. The molecule has 1 saturated carbocycles. The van der Waals surface area contributed by atoms with Crippen molar-refractivity contribution in [3.05, 3.63) is 29.3 Å². The third-order valence-electron chi connectivity index (χ3n) is 3.97. The van der Waals surface area contributed by atoms with Gasteiger partial charge in [-0.05, 0) is 62.3 Å². The van der Waals surface area contributed by atoms with Crippen molar-refractivity contribution in [2.75, 3.05) is 11.9 Å². The van der Waals surface area contributed by atoms with Gasteiger partial charge < -0.3 is 10.1 Å². The zero-order valence-corrected chi connectivity index (χ0v) is 10.5. The van der Waals surface area contributed by atoms with Gasteiger partial charge in [0, 0.05) is 18.3 Å². The van der Waals surface area contributed by atoms with Crippen molar-refractivity contribution in [1.29, 1.82) is 0 Å². The van der Waals surface area contributed by atoms with E-state index in [4.69, 9.17) is 4.74 Å². The predicted octanol–water partition coefficient (Wildman–Crippen LogP) is 3.15. The Kier molecular flexibility index (Phi) is 3.06. The lowest BCUT2D eigenvalue weighted by Gasteiger charge is -2.36. The van der Waals surface area contributed by atoms with Crippen molar-refractivity contribution < 1.29 is 4.74 Å². The van der Waals surface area contributed by atoms with Crippen molar-refractivity contribution in [3.8, 4) is 0 Å². The summed E-state index contributed by atoms with van der Waals surface area (Å²) in [5.41, 5.74) is 4.40. The summed E-state index contributed by atoms with van der Waals surface area (Å²) in [5, 5.41) is 3.62. The molecule has 0 aliphatic heterocycles. The monoisotopic (exact) mass is 231 g/mol. The van der Waals surface area contributed by atoms with Gasteiger partial charge >= 0.3 is 0 Å². The van der Waals surface area contributed by atoms with Crippen LogP contribution >= 0.6 is 0 Å². The Bertz CT molecular complexity index is 396. The molecule has 1 fully saturated rings. The molecule has 0 radical (unpaired) electrons. The number of nitrogens with one attached hydrogen (secondary N) is 1. The zero-order chi connectivity index (χ0) is 11.7. The molecule has 0 amide bonds. The van der Waals surface area contributed by atoms with Crippen LogP contribution in [0.3, 0.4) is 0 Å². The molecule has 3 rings (SSSR count). The van der Waals surface area contributed by atoms with Crippen molar-refractivity contribution >= 4 is 5.69 Å². The first-order valence-electron chi connectivity index (χ1n) is 6.85. The molecule has 0 bridgehead atoms. The van der Waals surface area contributed by atoms with Crippen LogP contribution in [0.25, 0.3) is 0 Å². The average molecular weight is 231 g/mol. The number of benzene rings is 1. The Morgan fingerprint density at radius 2 is 2.06 bits per heavy atom. The second-order valence-corrected chi connectivity index (χ2v) is 5.23. The zero-order valence-electron chi connectivity index (χ0n) is 10.5. The van der Waals surface area contributed by atoms with Gasteiger partial charge in [-0.15, -0.1) is 0 Å². The van der Waals surface area contributed by atoms with Crippen LogP contribution in [-0.2, 0) is 17.6 Å². The maximum Gasteiger partial charge on any atom is 0.0614 e. The summed E-state index contributed by atoms with van der Waals surface area (Å²) in [5.74, 6) is 0. The normalized spacial score (nSPS) is 26.4. The summed E-state index contributed by atoms with van der Waals surface area (Å²) in [6.07, 6.45) is 6.67. The second-order valence-electron chi connectivity index (χ2n) is 5.23. The van der Waals surface area contributed by atoms with Crippen LogP contribution in [0.15, 0.2) is 18.2 Å². The Balaban J connectivity index is 1.56. The highest BCUT2D eigenvalue weighted by Gasteiger charge is 2.29. The molecule has 0 atom stereocenters. The van der Waals surface area contributed by atoms with E-state index in [-0.39, 0.29) is 0 Å². The van der Waals surface area contributed by atoms with Gasteiger partial charge in [-0.1, -0.05) is 6.07 Å². The number of anilines is 1. The smallest absolute Gasteiger partial charge is 0.0614 e. The molecule has 2 nitrogen and oxygen atoms in total. The lowest BCUT2D eigenvalue weighted by atomic mass is 9.89. The molecule has 92 valence electrons. The molecule has 0 aromatic heterocycles. The molecule has 1 N–H and O–H groups in total. The molecule has 17 heavy (non-hydrogen) atoms. The molecule has 0 saturated heterocycles. The largest absolute Gasteiger partial charge is 0.382 e. The maximum atomic E-state index is 5.58. The Morgan fingerprint density at radius 3 is 2.88 bits per heavy atom. The van der Waals surface area contributed by atoms with E-state index in [0.29, 0.717) is 12.1 Å². The fourth-order valence-corrected chi connectivity index (χ4v) is 2.95. The molecular formula is C15H21NO. The van der Waals surface area contributed by atoms with Crippen LogP contribution in [0.2, 0.25) is 0 Å². The lowest BCUT2D eigenvalue weighted by Crippen LogP contribution is -2.40. The van der Waals surface area contributed by atoms with Gasteiger partial charge in [0.1, 0.15) is 0 Å². The van der Waals surface area contributed by atoms with Gasteiger partial charge in [0.2, 0.25) is 0 Å². The van der Waals surface area contributed by atoms with E-state index in [1.807, 2.05) is 0 Å². The van der Waals surface area contributed by atoms with E-state index in [9.17, 15) is 0 Å². The second kappa shape index (κ2) is 4.69. The summed E-state index contributed by atoms with van der Waals surface area (Å²) in [6, 6.07) is 7.49. The fraction of sp³-hybridized carbons (Fsp3) is 0.600. The van der Waals surface area contributed by atoms with Crippen molar-refractivity contribution in [1.82, 2.24) is 0 Å². The van der Waals surface area contributed by atoms with E-state index in [0.717, 1.165) is 19.4 Å². The molecule has 2 aliphatic rings. The number of hydrogen-bond acceptors (Lipinski definition) is 2. The van der Waals surface area contributed by atoms with E-state index in [1.54, 1.807) is 11.1 Å². The van der Waals surface area contributed by atoms with Gasteiger partial charge in [-0.25, -0.2) is 0 Å². The molecule has 0 heterocycles. The third-order valence-corrected chi connectivity index (χ3v) is 3.97. The van der Waals surface area contributed by atoms with Crippen molar-refractivity contribution in [2.45, 2.75) is 51.2 Å². The van der Waals surface area contributed by atoms with Gasteiger partial charge in [0.15, 0.2) is 0 Å². The number of rotatable bonds is 4. The SMILES string of the molecule is CCOC1CC(Nc2ccc3c(c2)CCC3)C1. The van der Waals surface area contributed by atoms with Crippen LogP contribution in [-0.4, -0.2) is 18.8 Å². The van der Waals surface area contributed by atoms with Crippen LogP contribution in [0, 0.1) is 0 Å². The summed E-state index contributed by atoms with van der Waals surface area (Å²) < 4.78 is 5.58. The molecule has 1 aromatic carbocycles. The molecule has 2 aliphatic carbocycles. The maximum absolute atomic E-state index is 5.58. The fourth-order valence-electron chi connectivity index (χ4n) is 2.95. The minimum absolute atomic E-state index is 0.493. The molecule has 2 heteroatoms. The molecular weight excluding hydrogens is 210 g/mol. The summed E-state index contributed by atoms with van der Waals surface area (Å²) in [6.45, 7) is 2.91. The van der Waals surface area contributed by atoms with Crippen molar-refractivity contribution in [3.63, 3.8) is 0 Å². The summed E-state index contributed by atoms with van der Waals surface area (Å²) in [4.78, 5) is 0. The highest BCUT2D eigenvalue weighted by Crippen LogP contribution is 2.29. The lowest BCUT2D eigenvalue weighted by molar-refractivity contribution is 0.00299. The van der Waals surface area contributed by atoms with E-state index < -0.39 is 0 Å². The minimum atomic E-state index is 0.493. The van der Waals surface area contributed by atoms with Gasteiger partial charge in [0.25, 0.3) is 0 Å². The van der Waals surface area contributed by atoms with Crippen molar-refractivity contribution in [2.24, 2.45) is 0 Å². The highest BCUT2D eigenvalue weighted by molar-refractivity contribution is 5.51. The third kappa shape index (κ3) is 2.32. The van der Waals surface area contributed by atoms with Crippen LogP contribution < -0.4 is 5.32 Å². The Labute approximate surface area is 103 Å². The quantitative estimate of drug-likeness (QED) is 0.859. The first-order chi connectivity index (χ1) is 8.35. The van der Waals surface area contributed by atoms with Gasteiger partial charge in [0.05, 0.1) is 6.10 Å². The predicted molar refractivity (Wildman–Crippen MR) is 70.5 cm³/mol. The van der Waals surface area contributed by atoms with Crippen LogP contribution in [0.1, 0.15) is 37.3 Å². The Hall–Kier alpha value is -1.02. The molecule has 0 spiro atoms. The topological polar surface area (TPSA) is 21.3 Å². The van der Waals surface area contributed by atoms with Gasteiger partial charge in [-0.3, -0.25) is 0 Å². The number of ether oxygens (including phenoxy) is 1. The number of aryl methyl sites for hydroxylation is 2. The summed E-state index contributed by atoms with van der Waals surface area (Å²) in [7, 11) is 0. The van der Waals surface area contributed by atoms with E-state index in [1.165, 1.54) is 24.9 Å². The first-order valence-corrected chi connectivity index (χ1v) is 6.85. The van der Waals surface area contributed by atoms with Crippen LogP contribution in [0.4, 0.5) is 5.69 Å². The first kappa shape index (κ1) is 11.1. The molecule has 0 unspecified atom stereocenters. The number of fused-ring (bicyclic) bond motifs is 1. The van der Waals surface area contributed by atoms with Crippen LogP contribution in [0.5, 0.6) is 0 Å². The van der Waals surface area contributed by atoms with E-state index in [2.05, 4.69) is 30.4 Å². The Morgan fingerprint density at radius 1 is 1.24 bits per heavy atom.